The van der Waals surface area contributed by atoms with Gasteiger partial charge in [0.05, 0.1) is 0 Å². The van der Waals surface area contributed by atoms with E-state index in [0.29, 0.717) is 0 Å². The summed E-state index contributed by atoms with van der Waals surface area (Å²) in [5.74, 6) is 0. The zero-order valence-corrected chi connectivity index (χ0v) is 14.4. The van der Waals surface area contributed by atoms with Crippen LogP contribution in [0.15, 0.2) is 48.5 Å². The molecule has 0 unspecified atom stereocenters. The molecule has 2 aromatic carbocycles. The molecule has 0 fully saturated rings. The molecule has 0 aliphatic heterocycles. The average Bonchev–Trinajstić information content (AvgIpc) is 2.40. The van der Waals surface area contributed by atoms with Crippen LogP contribution < -0.4 is 0 Å². The fourth-order valence-electron chi connectivity index (χ4n) is 1.97. The van der Waals surface area contributed by atoms with Gasteiger partial charge < -0.3 is 5.11 Å². The average molecular weight is 382 g/mol. The standard InChI is InChI=1S/C9H11I.C9H12O/c2*1-8-3-2-4-9(7-8)5-6-10/h2-4,7H,5-6H2,1H3;2-4,7,10H,5-6H2,1H3. The Kier molecular flexibility index (Phi) is 8.54. The summed E-state index contributed by atoms with van der Waals surface area (Å²) in [4.78, 5) is 0. The normalized spacial score (nSPS) is 9.80. The monoisotopic (exact) mass is 382 g/mol. The molecule has 0 bridgehead atoms. The molecule has 20 heavy (non-hydrogen) atoms. The van der Waals surface area contributed by atoms with Crippen molar-refractivity contribution in [2.45, 2.75) is 26.7 Å². The quantitative estimate of drug-likeness (QED) is 0.610. The zero-order chi connectivity index (χ0) is 14.8. The van der Waals surface area contributed by atoms with Crippen molar-refractivity contribution in [2.24, 2.45) is 0 Å². The topological polar surface area (TPSA) is 20.2 Å². The smallest absolute Gasteiger partial charge is 0.0471 e. The lowest BCUT2D eigenvalue weighted by Gasteiger charge is -1.97. The lowest BCUT2D eigenvalue weighted by Crippen LogP contribution is -1.89. The van der Waals surface area contributed by atoms with E-state index >= 15 is 0 Å². The Hall–Kier alpha value is -0.870. The van der Waals surface area contributed by atoms with Gasteiger partial charge in [-0.25, -0.2) is 0 Å². The maximum Gasteiger partial charge on any atom is 0.0471 e. The van der Waals surface area contributed by atoms with Crippen LogP contribution in [0, 0.1) is 13.8 Å². The maximum atomic E-state index is 8.61. The van der Waals surface area contributed by atoms with Gasteiger partial charge >= 0.3 is 0 Å². The summed E-state index contributed by atoms with van der Waals surface area (Å²) in [5, 5.41) is 8.61. The predicted octanol–water partition coefficient (Wildman–Crippen LogP) is 4.50. The van der Waals surface area contributed by atoms with Crippen molar-refractivity contribution in [2.75, 3.05) is 11.0 Å². The second-order valence-electron chi connectivity index (χ2n) is 4.89. The van der Waals surface area contributed by atoms with Gasteiger partial charge in [0.25, 0.3) is 0 Å². The highest BCUT2D eigenvalue weighted by molar-refractivity contribution is 14.1. The van der Waals surface area contributed by atoms with Crippen molar-refractivity contribution in [3.05, 3.63) is 70.8 Å². The first-order valence-corrected chi connectivity index (χ1v) is 8.46. The van der Waals surface area contributed by atoms with Gasteiger partial charge in [-0.2, -0.15) is 0 Å². The lowest BCUT2D eigenvalue weighted by molar-refractivity contribution is 0.299. The molecular weight excluding hydrogens is 359 g/mol. The molecule has 0 aromatic heterocycles. The Morgan fingerprint density at radius 3 is 1.75 bits per heavy atom. The Morgan fingerprint density at radius 2 is 1.35 bits per heavy atom. The van der Waals surface area contributed by atoms with Crippen LogP contribution in [0.5, 0.6) is 0 Å². The van der Waals surface area contributed by atoms with Gasteiger partial charge in [-0.15, -0.1) is 0 Å². The van der Waals surface area contributed by atoms with Crippen molar-refractivity contribution in [1.82, 2.24) is 0 Å². The van der Waals surface area contributed by atoms with Crippen molar-refractivity contribution < 1.29 is 5.11 Å². The molecule has 1 nitrogen and oxygen atoms in total. The third-order valence-corrected chi connectivity index (χ3v) is 3.49. The van der Waals surface area contributed by atoms with Crippen molar-refractivity contribution in [3.8, 4) is 0 Å². The first kappa shape index (κ1) is 17.2. The van der Waals surface area contributed by atoms with E-state index in [0.717, 1.165) is 6.42 Å². The summed E-state index contributed by atoms with van der Waals surface area (Å²) in [6, 6.07) is 16.9. The van der Waals surface area contributed by atoms with Crippen LogP contribution in [0.4, 0.5) is 0 Å². The van der Waals surface area contributed by atoms with Crippen LogP contribution in [0.25, 0.3) is 0 Å². The van der Waals surface area contributed by atoms with Crippen LogP contribution >= 0.6 is 22.6 Å². The molecule has 0 aliphatic carbocycles. The molecule has 0 saturated heterocycles. The maximum absolute atomic E-state index is 8.61. The molecule has 2 aromatic rings. The molecule has 0 spiro atoms. The van der Waals surface area contributed by atoms with Crippen LogP contribution in [-0.4, -0.2) is 16.1 Å². The first-order valence-electron chi connectivity index (χ1n) is 6.93. The number of halogens is 1. The molecule has 0 radical (unpaired) electrons. The predicted molar refractivity (Wildman–Crippen MR) is 95.7 cm³/mol. The van der Waals surface area contributed by atoms with E-state index in [2.05, 4.69) is 72.8 Å². The molecule has 1 N–H and O–H groups in total. The van der Waals surface area contributed by atoms with Crippen LogP contribution in [0.2, 0.25) is 0 Å². The van der Waals surface area contributed by atoms with Gasteiger partial charge in [-0.1, -0.05) is 82.2 Å². The van der Waals surface area contributed by atoms with Gasteiger partial charge in [0.1, 0.15) is 0 Å². The van der Waals surface area contributed by atoms with Crippen molar-refractivity contribution >= 4 is 22.6 Å². The largest absolute Gasteiger partial charge is 0.396 e. The fraction of sp³-hybridized carbons (Fsp3) is 0.333. The zero-order valence-electron chi connectivity index (χ0n) is 12.3. The number of aryl methyl sites for hydroxylation is 3. The van der Waals surface area contributed by atoms with E-state index in [4.69, 9.17) is 5.11 Å². The molecule has 0 heterocycles. The summed E-state index contributed by atoms with van der Waals surface area (Å²) in [7, 11) is 0. The van der Waals surface area contributed by atoms with E-state index in [-0.39, 0.29) is 6.61 Å². The number of alkyl halides is 1. The van der Waals surface area contributed by atoms with Crippen LogP contribution in [-0.2, 0) is 12.8 Å². The van der Waals surface area contributed by atoms with E-state index in [9.17, 15) is 0 Å². The molecule has 0 saturated carbocycles. The van der Waals surface area contributed by atoms with E-state index < -0.39 is 0 Å². The fourth-order valence-corrected chi connectivity index (χ4v) is 2.60. The highest BCUT2D eigenvalue weighted by Gasteiger charge is 1.90. The SMILES string of the molecule is Cc1cccc(CCI)c1.Cc1cccc(CCO)c1. The second-order valence-corrected chi connectivity index (χ2v) is 5.97. The minimum atomic E-state index is 0.240. The Labute approximate surface area is 136 Å². The van der Waals surface area contributed by atoms with Gasteiger partial charge in [0, 0.05) is 11.0 Å². The highest BCUT2D eigenvalue weighted by Crippen LogP contribution is 2.05. The Bertz CT molecular complexity index is 461. The molecule has 108 valence electrons. The molecule has 2 heteroatoms. The number of aliphatic hydroxyl groups excluding tert-OH is 1. The van der Waals surface area contributed by atoms with E-state index in [1.165, 1.54) is 33.1 Å². The number of hydrogen-bond donors (Lipinski definition) is 1. The summed E-state index contributed by atoms with van der Waals surface area (Å²) in [6.45, 7) is 4.43. The van der Waals surface area contributed by atoms with E-state index in [1.54, 1.807) is 0 Å². The summed E-state index contributed by atoms with van der Waals surface area (Å²) < 4.78 is 1.21. The molecule has 0 amide bonds. The van der Waals surface area contributed by atoms with Crippen LogP contribution in [0.1, 0.15) is 22.3 Å². The Balaban J connectivity index is 0.000000200. The molecular formula is C18H23IO. The van der Waals surface area contributed by atoms with Gasteiger partial charge in [-0.3, -0.25) is 0 Å². The third kappa shape index (κ3) is 7.06. The van der Waals surface area contributed by atoms with Crippen LogP contribution in [0.3, 0.4) is 0 Å². The Morgan fingerprint density at radius 1 is 0.850 bits per heavy atom. The number of aliphatic hydroxyl groups is 1. The lowest BCUT2D eigenvalue weighted by atomic mass is 10.1. The second kappa shape index (κ2) is 9.94. The van der Waals surface area contributed by atoms with E-state index in [1.807, 2.05) is 12.1 Å². The molecule has 0 aliphatic rings. The van der Waals surface area contributed by atoms with Gasteiger partial charge in [0.15, 0.2) is 0 Å². The van der Waals surface area contributed by atoms with Gasteiger partial charge in [0.2, 0.25) is 0 Å². The number of benzene rings is 2. The molecule has 0 atom stereocenters. The van der Waals surface area contributed by atoms with Crippen molar-refractivity contribution in [1.29, 1.82) is 0 Å². The van der Waals surface area contributed by atoms with Crippen molar-refractivity contribution in [3.63, 3.8) is 0 Å². The minimum Gasteiger partial charge on any atom is -0.396 e. The summed E-state index contributed by atoms with van der Waals surface area (Å²) in [6.07, 6.45) is 1.96. The highest BCUT2D eigenvalue weighted by atomic mass is 127. The summed E-state index contributed by atoms with van der Waals surface area (Å²) >= 11 is 2.40. The van der Waals surface area contributed by atoms with Gasteiger partial charge in [-0.05, 0) is 37.8 Å². The number of hydrogen-bond acceptors (Lipinski definition) is 1. The first-order chi connectivity index (χ1) is 9.65. The summed E-state index contributed by atoms with van der Waals surface area (Å²) in [5.41, 5.74) is 5.28. The molecule has 2 rings (SSSR count). The number of rotatable bonds is 4. The third-order valence-electron chi connectivity index (χ3n) is 2.95. The minimum absolute atomic E-state index is 0.240.